The average Bonchev–Trinajstić information content (AvgIpc) is 2.83. The standard InChI is InChI=1S/C26H33Cl2N5O/c1-5-33(6-2)14-8-10-18(4)30-24-20-11-7-9-17(3)23(20)31-25(32-24)26(34)29-16-19-12-13-21(27)22(28)15-19/h7,9,11-13,15,18H,5-6,8,10,14,16H2,1-4H3,(H,29,34)(H,30,31,32). The number of carbonyl (C=O) groups is 1. The number of benzene rings is 2. The van der Waals surface area contributed by atoms with Crippen LogP contribution in [0.4, 0.5) is 5.82 Å². The number of aryl methyl sites for hydroxylation is 1. The summed E-state index contributed by atoms with van der Waals surface area (Å²) in [7, 11) is 0. The Kier molecular flexibility index (Phi) is 9.51. The molecule has 0 spiro atoms. The monoisotopic (exact) mass is 501 g/mol. The molecule has 1 atom stereocenters. The van der Waals surface area contributed by atoms with Gasteiger partial charge in [0.1, 0.15) is 5.82 Å². The molecule has 2 N–H and O–H groups in total. The van der Waals surface area contributed by atoms with Crippen LogP contribution in [0.5, 0.6) is 0 Å². The molecule has 0 bridgehead atoms. The van der Waals surface area contributed by atoms with Crippen molar-refractivity contribution in [2.75, 3.05) is 25.0 Å². The van der Waals surface area contributed by atoms with Crippen LogP contribution in [0.3, 0.4) is 0 Å². The minimum absolute atomic E-state index is 0.139. The summed E-state index contributed by atoms with van der Waals surface area (Å²) >= 11 is 12.1. The third-order valence-electron chi connectivity index (χ3n) is 5.96. The van der Waals surface area contributed by atoms with Crippen LogP contribution in [0.25, 0.3) is 10.9 Å². The van der Waals surface area contributed by atoms with Crippen molar-refractivity contribution in [2.45, 2.75) is 53.1 Å². The lowest BCUT2D eigenvalue weighted by Crippen LogP contribution is -2.27. The molecule has 8 heteroatoms. The normalized spacial score (nSPS) is 12.2. The highest BCUT2D eigenvalue weighted by molar-refractivity contribution is 6.42. The number of hydrogen-bond donors (Lipinski definition) is 2. The van der Waals surface area contributed by atoms with Crippen molar-refractivity contribution in [1.29, 1.82) is 0 Å². The highest BCUT2D eigenvalue weighted by Gasteiger charge is 2.17. The molecule has 1 heterocycles. The predicted molar refractivity (Wildman–Crippen MR) is 142 cm³/mol. The first-order chi connectivity index (χ1) is 16.3. The summed E-state index contributed by atoms with van der Waals surface area (Å²) in [5, 5.41) is 8.25. The number of aromatic nitrogens is 2. The van der Waals surface area contributed by atoms with Gasteiger partial charge in [-0.2, -0.15) is 0 Å². The van der Waals surface area contributed by atoms with Crippen molar-refractivity contribution >= 4 is 45.8 Å². The van der Waals surface area contributed by atoms with Gasteiger partial charge in [-0.1, -0.05) is 55.2 Å². The van der Waals surface area contributed by atoms with E-state index in [1.807, 2.05) is 31.2 Å². The van der Waals surface area contributed by atoms with Crippen LogP contribution in [-0.4, -0.2) is 46.5 Å². The molecule has 0 aliphatic heterocycles. The van der Waals surface area contributed by atoms with Crippen LogP contribution in [0.2, 0.25) is 10.0 Å². The molecule has 3 aromatic rings. The van der Waals surface area contributed by atoms with Crippen molar-refractivity contribution < 1.29 is 4.79 Å². The SMILES string of the molecule is CCN(CC)CCCC(C)Nc1nc(C(=O)NCc2ccc(Cl)c(Cl)c2)nc2c(C)cccc12. The number of amides is 1. The summed E-state index contributed by atoms with van der Waals surface area (Å²) in [5.74, 6) is 0.483. The molecule has 2 aromatic carbocycles. The quantitative estimate of drug-likeness (QED) is 0.332. The van der Waals surface area contributed by atoms with E-state index in [9.17, 15) is 4.79 Å². The summed E-state index contributed by atoms with van der Waals surface area (Å²) in [6.07, 6.45) is 2.10. The van der Waals surface area contributed by atoms with Gasteiger partial charge in [0.2, 0.25) is 5.82 Å². The molecule has 1 unspecified atom stereocenters. The second-order valence-electron chi connectivity index (χ2n) is 8.51. The van der Waals surface area contributed by atoms with E-state index in [0.717, 1.165) is 54.5 Å². The maximum Gasteiger partial charge on any atom is 0.289 e. The highest BCUT2D eigenvalue weighted by Crippen LogP contribution is 2.25. The second-order valence-corrected chi connectivity index (χ2v) is 9.33. The Balaban J connectivity index is 1.76. The van der Waals surface area contributed by atoms with Crippen molar-refractivity contribution in [3.63, 3.8) is 0 Å². The zero-order valence-corrected chi connectivity index (χ0v) is 21.8. The Bertz CT molecular complexity index is 1130. The van der Waals surface area contributed by atoms with Gasteiger partial charge in [-0.3, -0.25) is 4.79 Å². The van der Waals surface area contributed by atoms with E-state index in [-0.39, 0.29) is 17.8 Å². The number of para-hydroxylation sites is 1. The van der Waals surface area contributed by atoms with Crippen molar-refractivity contribution in [3.8, 4) is 0 Å². The number of fused-ring (bicyclic) bond motifs is 1. The number of rotatable bonds is 11. The third kappa shape index (κ3) is 6.81. The largest absolute Gasteiger partial charge is 0.367 e. The molecule has 3 rings (SSSR count). The minimum atomic E-state index is -0.339. The summed E-state index contributed by atoms with van der Waals surface area (Å²) < 4.78 is 0. The average molecular weight is 502 g/mol. The molecule has 0 saturated heterocycles. The van der Waals surface area contributed by atoms with E-state index in [1.165, 1.54) is 0 Å². The Morgan fingerprint density at radius 3 is 2.56 bits per heavy atom. The first-order valence-electron chi connectivity index (χ1n) is 11.8. The van der Waals surface area contributed by atoms with E-state index in [0.29, 0.717) is 22.4 Å². The van der Waals surface area contributed by atoms with Gasteiger partial charge in [0, 0.05) is 18.0 Å². The summed E-state index contributed by atoms with van der Waals surface area (Å²) in [6, 6.07) is 11.5. The molecule has 0 radical (unpaired) electrons. The molecule has 0 fully saturated rings. The topological polar surface area (TPSA) is 70.2 Å². The fraction of sp³-hybridized carbons (Fsp3) is 0.423. The maximum atomic E-state index is 12.9. The number of halogens is 2. The van der Waals surface area contributed by atoms with Crippen molar-refractivity contribution in [1.82, 2.24) is 20.2 Å². The maximum absolute atomic E-state index is 12.9. The van der Waals surface area contributed by atoms with Crippen LogP contribution in [0.1, 0.15) is 55.4 Å². The van der Waals surface area contributed by atoms with Crippen LogP contribution in [0.15, 0.2) is 36.4 Å². The lowest BCUT2D eigenvalue weighted by atomic mass is 10.1. The number of anilines is 1. The first-order valence-corrected chi connectivity index (χ1v) is 12.6. The van der Waals surface area contributed by atoms with Gasteiger partial charge in [-0.15, -0.1) is 0 Å². The van der Waals surface area contributed by atoms with Crippen LogP contribution in [0, 0.1) is 6.92 Å². The molecule has 182 valence electrons. The van der Waals surface area contributed by atoms with Gasteiger partial charge < -0.3 is 15.5 Å². The lowest BCUT2D eigenvalue weighted by Gasteiger charge is -2.20. The highest BCUT2D eigenvalue weighted by atomic mass is 35.5. The van der Waals surface area contributed by atoms with Crippen molar-refractivity contribution in [2.24, 2.45) is 0 Å². The van der Waals surface area contributed by atoms with E-state index in [2.05, 4.69) is 46.3 Å². The van der Waals surface area contributed by atoms with Crippen LogP contribution in [-0.2, 0) is 6.54 Å². The number of carbonyl (C=O) groups excluding carboxylic acids is 1. The Morgan fingerprint density at radius 1 is 1.09 bits per heavy atom. The molecular weight excluding hydrogens is 469 g/mol. The molecule has 34 heavy (non-hydrogen) atoms. The molecule has 0 saturated carbocycles. The van der Waals surface area contributed by atoms with Gasteiger partial charge in [0.05, 0.1) is 15.6 Å². The Morgan fingerprint density at radius 2 is 1.85 bits per heavy atom. The minimum Gasteiger partial charge on any atom is -0.367 e. The number of hydrogen-bond acceptors (Lipinski definition) is 5. The molecule has 1 amide bonds. The fourth-order valence-electron chi connectivity index (χ4n) is 3.88. The van der Waals surface area contributed by atoms with Crippen LogP contribution < -0.4 is 10.6 Å². The van der Waals surface area contributed by atoms with Gasteiger partial charge in [-0.05, 0) is 75.6 Å². The first kappa shape index (κ1) is 26.2. The zero-order chi connectivity index (χ0) is 24.7. The molecule has 0 aliphatic carbocycles. The second kappa shape index (κ2) is 12.3. The summed E-state index contributed by atoms with van der Waals surface area (Å²) in [4.78, 5) is 24.6. The lowest BCUT2D eigenvalue weighted by molar-refractivity contribution is 0.0941. The molecule has 1 aromatic heterocycles. The number of nitrogens with one attached hydrogen (secondary N) is 2. The van der Waals surface area contributed by atoms with Gasteiger partial charge in [-0.25, -0.2) is 9.97 Å². The number of nitrogens with zero attached hydrogens (tertiary/aromatic N) is 3. The Hall–Kier alpha value is -2.41. The van der Waals surface area contributed by atoms with E-state index in [4.69, 9.17) is 23.2 Å². The van der Waals surface area contributed by atoms with E-state index in [1.54, 1.807) is 12.1 Å². The van der Waals surface area contributed by atoms with Gasteiger partial charge in [0.25, 0.3) is 5.91 Å². The van der Waals surface area contributed by atoms with Gasteiger partial charge >= 0.3 is 0 Å². The third-order valence-corrected chi connectivity index (χ3v) is 6.70. The summed E-state index contributed by atoms with van der Waals surface area (Å²) in [6.45, 7) is 12.0. The zero-order valence-electron chi connectivity index (χ0n) is 20.3. The summed E-state index contributed by atoms with van der Waals surface area (Å²) in [5.41, 5.74) is 2.62. The van der Waals surface area contributed by atoms with E-state index < -0.39 is 0 Å². The molecular formula is C26H33Cl2N5O. The van der Waals surface area contributed by atoms with Crippen LogP contribution >= 0.6 is 23.2 Å². The molecule has 6 nitrogen and oxygen atoms in total. The fourth-order valence-corrected chi connectivity index (χ4v) is 4.21. The van der Waals surface area contributed by atoms with Crippen molar-refractivity contribution in [3.05, 3.63) is 63.4 Å². The molecule has 0 aliphatic rings. The predicted octanol–water partition coefficient (Wildman–Crippen LogP) is 6.10. The smallest absolute Gasteiger partial charge is 0.289 e. The van der Waals surface area contributed by atoms with Gasteiger partial charge in [0.15, 0.2) is 0 Å². The Labute approximate surface area is 212 Å². The van der Waals surface area contributed by atoms with E-state index >= 15 is 0 Å².